The van der Waals surface area contributed by atoms with E-state index in [1.54, 1.807) is 28.1 Å². The van der Waals surface area contributed by atoms with Crippen LogP contribution in [0.3, 0.4) is 0 Å². The molecule has 0 bridgehead atoms. The molecule has 0 radical (unpaired) electrons. The maximum absolute atomic E-state index is 6.01. The average molecular weight is 276 g/mol. The third kappa shape index (κ3) is 2.35. The van der Waals surface area contributed by atoms with Crippen molar-refractivity contribution in [2.45, 2.75) is 6.92 Å². The summed E-state index contributed by atoms with van der Waals surface area (Å²) in [4.78, 5) is 12.6. The fraction of sp³-hybridized carbons (Fsp3) is 0.400. The SMILES string of the molecule is C/N=N\c1c(C)nn(-c2nc(NC)nc(NC)n2)c1N. The first-order valence-electron chi connectivity index (χ1n) is 5.87. The van der Waals surface area contributed by atoms with Gasteiger partial charge >= 0.3 is 0 Å². The predicted molar refractivity (Wildman–Crippen MR) is 75.6 cm³/mol. The van der Waals surface area contributed by atoms with Gasteiger partial charge in [0.1, 0.15) is 0 Å². The van der Waals surface area contributed by atoms with Crippen molar-refractivity contribution in [3.05, 3.63) is 5.69 Å². The zero-order valence-electron chi connectivity index (χ0n) is 11.7. The molecule has 0 saturated heterocycles. The molecule has 0 fully saturated rings. The molecule has 0 saturated carbocycles. The molecule has 0 unspecified atom stereocenters. The number of anilines is 3. The maximum atomic E-state index is 6.01. The average Bonchev–Trinajstić information content (AvgIpc) is 2.75. The van der Waals surface area contributed by atoms with Gasteiger partial charge in [0.2, 0.25) is 11.9 Å². The first-order valence-corrected chi connectivity index (χ1v) is 5.87. The number of rotatable bonds is 4. The number of nitrogens with one attached hydrogen (secondary N) is 2. The Hall–Kier alpha value is -2.78. The summed E-state index contributed by atoms with van der Waals surface area (Å²) in [6, 6.07) is 0. The molecule has 2 rings (SSSR count). The van der Waals surface area contributed by atoms with E-state index in [4.69, 9.17) is 5.73 Å². The molecule has 2 heterocycles. The van der Waals surface area contributed by atoms with Crippen LogP contribution in [0.4, 0.5) is 23.4 Å². The maximum Gasteiger partial charge on any atom is 0.259 e. The Labute approximate surface area is 115 Å². The molecule has 20 heavy (non-hydrogen) atoms. The zero-order chi connectivity index (χ0) is 14.7. The summed E-state index contributed by atoms with van der Waals surface area (Å²) in [7, 11) is 5.00. The van der Waals surface area contributed by atoms with Crippen molar-refractivity contribution < 1.29 is 0 Å². The van der Waals surface area contributed by atoms with Gasteiger partial charge in [-0.1, -0.05) is 0 Å². The molecule has 0 aliphatic rings. The molecule has 0 aliphatic carbocycles. The smallest absolute Gasteiger partial charge is 0.259 e. The second kappa shape index (κ2) is 5.47. The van der Waals surface area contributed by atoms with Crippen molar-refractivity contribution in [2.24, 2.45) is 10.2 Å². The summed E-state index contributed by atoms with van der Waals surface area (Å²) < 4.78 is 1.41. The van der Waals surface area contributed by atoms with Crippen molar-refractivity contribution in [2.75, 3.05) is 37.5 Å². The second-order valence-corrected chi connectivity index (χ2v) is 3.81. The van der Waals surface area contributed by atoms with Gasteiger partial charge in [0.15, 0.2) is 11.5 Å². The number of azo groups is 1. The van der Waals surface area contributed by atoms with Gasteiger partial charge in [0.25, 0.3) is 5.95 Å². The van der Waals surface area contributed by atoms with Gasteiger partial charge in [-0.15, -0.1) is 0 Å². The van der Waals surface area contributed by atoms with Crippen LogP contribution in [-0.2, 0) is 0 Å². The molecule has 2 aromatic rings. The van der Waals surface area contributed by atoms with Crippen LogP contribution in [0.15, 0.2) is 10.2 Å². The highest BCUT2D eigenvalue weighted by molar-refractivity contribution is 5.62. The molecule has 0 atom stereocenters. The lowest BCUT2D eigenvalue weighted by atomic mass is 10.4. The summed E-state index contributed by atoms with van der Waals surface area (Å²) in [6.45, 7) is 1.79. The molecular formula is C10H16N10. The molecule has 106 valence electrons. The zero-order valence-corrected chi connectivity index (χ0v) is 11.7. The third-order valence-corrected chi connectivity index (χ3v) is 2.52. The lowest BCUT2D eigenvalue weighted by molar-refractivity contribution is 0.797. The van der Waals surface area contributed by atoms with E-state index in [1.165, 1.54) is 4.68 Å². The Morgan fingerprint density at radius 1 is 1.10 bits per heavy atom. The molecule has 0 aromatic carbocycles. The Kier molecular flexibility index (Phi) is 3.73. The van der Waals surface area contributed by atoms with Crippen LogP contribution >= 0.6 is 0 Å². The summed E-state index contributed by atoms with van der Waals surface area (Å²) in [5, 5.41) is 17.7. The summed E-state index contributed by atoms with van der Waals surface area (Å²) in [5.41, 5.74) is 7.16. The predicted octanol–water partition coefficient (Wildman–Crippen LogP) is 0.745. The topological polar surface area (TPSA) is 131 Å². The van der Waals surface area contributed by atoms with Crippen molar-refractivity contribution in [3.8, 4) is 5.95 Å². The molecule has 10 nitrogen and oxygen atoms in total. The second-order valence-electron chi connectivity index (χ2n) is 3.81. The molecule has 4 N–H and O–H groups in total. The summed E-state index contributed by atoms with van der Waals surface area (Å²) in [6.07, 6.45) is 0. The number of hydrogen-bond donors (Lipinski definition) is 3. The van der Waals surface area contributed by atoms with Crippen LogP contribution in [0.25, 0.3) is 5.95 Å². The van der Waals surface area contributed by atoms with Crippen LogP contribution in [0.2, 0.25) is 0 Å². The Morgan fingerprint density at radius 2 is 1.70 bits per heavy atom. The number of aromatic nitrogens is 5. The van der Waals surface area contributed by atoms with Gasteiger partial charge < -0.3 is 16.4 Å². The summed E-state index contributed by atoms with van der Waals surface area (Å²) in [5.74, 6) is 1.44. The highest BCUT2D eigenvalue weighted by Gasteiger charge is 2.16. The van der Waals surface area contributed by atoms with Crippen LogP contribution in [-0.4, -0.2) is 45.9 Å². The van der Waals surface area contributed by atoms with Crippen LogP contribution in [0.5, 0.6) is 0 Å². The lowest BCUT2D eigenvalue weighted by Crippen LogP contribution is -2.11. The number of nitrogens with two attached hydrogens (primary N) is 1. The Bertz CT molecular complexity index is 621. The first kappa shape index (κ1) is 13.6. The van der Waals surface area contributed by atoms with E-state index in [2.05, 4.69) is 40.9 Å². The lowest BCUT2D eigenvalue weighted by Gasteiger charge is -2.06. The largest absolute Gasteiger partial charge is 0.382 e. The number of nitrogen functional groups attached to an aromatic ring is 1. The van der Waals surface area contributed by atoms with Crippen molar-refractivity contribution in [1.29, 1.82) is 0 Å². The number of nitrogens with zero attached hydrogens (tertiary/aromatic N) is 7. The van der Waals surface area contributed by atoms with Gasteiger partial charge in [-0.05, 0) is 6.92 Å². The third-order valence-electron chi connectivity index (χ3n) is 2.52. The van der Waals surface area contributed by atoms with E-state index in [1.807, 2.05) is 0 Å². The molecular weight excluding hydrogens is 260 g/mol. The molecule has 0 aliphatic heterocycles. The van der Waals surface area contributed by atoms with Crippen molar-refractivity contribution >= 4 is 23.4 Å². The Balaban J connectivity index is 2.59. The standard InChI is InChI=1S/C10H16N10/c1-5-6(18-14-4)7(11)20(19-5)10-16-8(12-2)15-9(13-3)17-10/h11H2,1-4H3,(H2,12,13,15,16,17)/b18-14-. The highest BCUT2D eigenvalue weighted by atomic mass is 15.4. The minimum absolute atomic E-state index is 0.298. The van der Waals surface area contributed by atoms with E-state index in [9.17, 15) is 0 Å². The van der Waals surface area contributed by atoms with E-state index in [-0.39, 0.29) is 0 Å². The molecule has 10 heteroatoms. The fourth-order valence-electron chi connectivity index (χ4n) is 1.60. The molecule has 2 aromatic heterocycles. The normalized spacial score (nSPS) is 11.0. The highest BCUT2D eigenvalue weighted by Crippen LogP contribution is 2.28. The van der Waals surface area contributed by atoms with Crippen LogP contribution < -0.4 is 16.4 Å². The molecule has 0 spiro atoms. The minimum Gasteiger partial charge on any atom is -0.382 e. The van der Waals surface area contributed by atoms with Crippen molar-refractivity contribution in [1.82, 2.24) is 24.7 Å². The minimum atomic E-state index is 0.298. The van der Waals surface area contributed by atoms with Gasteiger partial charge in [-0.25, -0.2) is 0 Å². The van der Waals surface area contributed by atoms with Crippen LogP contribution in [0, 0.1) is 6.92 Å². The van der Waals surface area contributed by atoms with Gasteiger partial charge in [-0.3, -0.25) is 0 Å². The summed E-state index contributed by atoms with van der Waals surface area (Å²) >= 11 is 0. The van der Waals surface area contributed by atoms with E-state index < -0.39 is 0 Å². The Morgan fingerprint density at radius 3 is 2.20 bits per heavy atom. The first-order chi connectivity index (χ1) is 9.60. The van der Waals surface area contributed by atoms with E-state index >= 15 is 0 Å². The fourth-order valence-corrected chi connectivity index (χ4v) is 1.60. The number of hydrogen-bond acceptors (Lipinski definition) is 9. The number of aryl methyl sites for hydroxylation is 1. The van der Waals surface area contributed by atoms with E-state index in [0.29, 0.717) is 35.0 Å². The van der Waals surface area contributed by atoms with Gasteiger partial charge in [0.05, 0.1) is 5.69 Å². The van der Waals surface area contributed by atoms with Gasteiger partial charge in [-0.2, -0.15) is 35.0 Å². The van der Waals surface area contributed by atoms with E-state index in [0.717, 1.165) is 0 Å². The molecule has 0 amide bonds. The monoisotopic (exact) mass is 276 g/mol. The van der Waals surface area contributed by atoms with Gasteiger partial charge in [0, 0.05) is 21.1 Å². The quantitative estimate of drug-likeness (QED) is 0.702. The van der Waals surface area contributed by atoms with Crippen LogP contribution in [0.1, 0.15) is 5.69 Å². The van der Waals surface area contributed by atoms with Crippen molar-refractivity contribution in [3.63, 3.8) is 0 Å².